The second kappa shape index (κ2) is 7.76. The normalized spacial score (nSPS) is 11.7. The number of nitrogens with two attached hydrogens (primary N) is 1. The minimum atomic E-state index is -3.94. The lowest BCUT2D eigenvalue weighted by atomic mass is 10.2. The number of primary sulfonamides is 1. The molecule has 0 atom stereocenters. The summed E-state index contributed by atoms with van der Waals surface area (Å²) in [4.78, 5) is 13.1. The topological polar surface area (TPSA) is 140 Å². The first kappa shape index (κ1) is 19.9. The maximum Gasteiger partial charge on any atom is 0.240 e. The van der Waals surface area contributed by atoms with Crippen molar-refractivity contribution in [1.29, 1.82) is 0 Å². The highest BCUT2D eigenvalue weighted by Crippen LogP contribution is 2.28. The second-order valence-corrected chi connectivity index (χ2v) is 8.06. The predicted octanol–water partition coefficient (Wildman–Crippen LogP) is 2.38. The molecule has 30 heavy (non-hydrogen) atoms. The van der Waals surface area contributed by atoms with E-state index >= 15 is 0 Å². The van der Waals surface area contributed by atoms with E-state index < -0.39 is 10.0 Å². The molecule has 0 aliphatic carbocycles. The zero-order chi connectivity index (χ0) is 21.3. The van der Waals surface area contributed by atoms with Gasteiger partial charge in [0.25, 0.3) is 0 Å². The van der Waals surface area contributed by atoms with E-state index in [1.54, 1.807) is 24.3 Å². The van der Waals surface area contributed by atoms with Gasteiger partial charge in [-0.3, -0.25) is 5.10 Å². The first-order valence-corrected chi connectivity index (χ1v) is 10.6. The molecular formula is C19H18FN7O2S. The van der Waals surface area contributed by atoms with Gasteiger partial charge in [0.05, 0.1) is 0 Å². The fraction of sp³-hybridized carbons (Fsp3) is 0.158. The number of hydrogen-bond donors (Lipinski definition) is 3. The Balaban J connectivity index is 1.73. The number of aryl methyl sites for hydroxylation is 1. The van der Waals surface area contributed by atoms with Crippen LogP contribution in [0.4, 0.5) is 10.3 Å². The van der Waals surface area contributed by atoms with E-state index in [0.29, 0.717) is 41.6 Å². The average Bonchev–Trinajstić information content (AvgIpc) is 3.15. The predicted molar refractivity (Wildman–Crippen MR) is 109 cm³/mol. The Morgan fingerprint density at radius 1 is 1.13 bits per heavy atom. The molecule has 11 heteroatoms. The lowest BCUT2D eigenvalue weighted by Gasteiger charge is -2.08. The third-order valence-electron chi connectivity index (χ3n) is 4.42. The van der Waals surface area contributed by atoms with Gasteiger partial charge in [-0.25, -0.2) is 22.9 Å². The molecule has 0 spiro atoms. The highest BCUT2D eigenvalue weighted by molar-refractivity contribution is 7.89. The molecule has 2 heterocycles. The molecule has 4 rings (SSSR count). The summed E-state index contributed by atoms with van der Waals surface area (Å²) >= 11 is 0. The molecule has 2 aromatic heterocycles. The monoisotopic (exact) mass is 427 g/mol. The third kappa shape index (κ3) is 3.98. The van der Waals surface area contributed by atoms with Crippen LogP contribution in [0.5, 0.6) is 0 Å². The lowest BCUT2D eigenvalue weighted by molar-refractivity contribution is 0.598. The molecule has 0 amide bonds. The van der Waals surface area contributed by atoms with Crippen molar-refractivity contribution in [3.63, 3.8) is 0 Å². The quantitative estimate of drug-likeness (QED) is 0.429. The number of sulfonamides is 1. The SMILES string of the molecule is CCc1nc(NCc2cccc(F)c2)nc(-c2[nH]nc3c(S(N)(=O)=O)cccc23)n1. The summed E-state index contributed by atoms with van der Waals surface area (Å²) in [5.74, 6) is 0.825. The van der Waals surface area contributed by atoms with E-state index in [2.05, 4.69) is 30.5 Å². The number of benzene rings is 2. The van der Waals surface area contributed by atoms with Crippen molar-refractivity contribution >= 4 is 26.9 Å². The molecule has 2 aromatic carbocycles. The van der Waals surface area contributed by atoms with Crippen LogP contribution in [0.3, 0.4) is 0 Å². The molecular weight excluding hydrogens is 409 g/mol. The molecule has 0 fully saturated rings. The van der Waals surface area contributed by atoms with Crippen LogP contribution in [-0.2, 0) is 23.0 Å². The third-order valence-corrected chi connectivity index (χ3v) is 5.36. The molecule has 0 saturated carbocycles. The van der Waals surface area contributed by atoms with Crippen LogP contribution in [0.25, 0.3) is 22.4 Å². The van der Waals surface area contributed by atoms with Crippen molar-refractivity contribution < 1.29 is 12.8 Å². The van der Waals surface area contributed by atoms with E-state index in [0.717, 1.165) is 5.56 Å². The van der Waals surface area contributed by atoms with Gasteiger partial charge in [-0.15, -0.1) is 0 Å². The largest absolute Gasteiger partial charge is 0.350 e. The number of aromatic nitrogens is 5. The Labute approximate surface area is 171 Å². The van der Waals surface area contributed by atoms with Crippen molar-refractivity contribution in [2.45, 2.75) is 24.8 Å². The molecule has 0 bridgehead atoms. The molecule has 0 aliphatic heterocycles. The number of aromatic amines is 1. The fourth-order valence-electron chi connectivity index (χ4n) is 3.01. The van der Waals surface area contributed by atoms with Crippen molar-refractivity contribution in [1.82, 2.24) is 25.1 Å². The number of anilines is 1. The summed E-state index contributed by atoms with van der Waals surface area (Å²) in [5, 5.41) is 15.8. The standard InChI is InChI=1S/C19H18FN7O2S/c1-2-15-23-18(25-19(24-15)22-10-11-5-3-6-12(20)9-11)17-13-7-4-8-14(30(21,28)29)16(13)26-27-17/h3-9H,2,10H2,1H3,(H,26,27)(H2,21,28,29)(H,22,23,24,25). The minimum absolute atomic E-state index is 0.0864. The van der Waals surface area contributed by atoms with Crippen molar-refractivity contribution in [3.05, 3.63) is 59.7 Å². The molecule has 0 unspecified atom stereocenters. The van der Waals surface area contributed by atoms with E-state index in [-0.39, 0.29) is 16.2 Å². The van der Waals surface area contributed by atoms with Crippen LogP contribution in [0.15, 0.2) is 47.4 Å². The summed E-state index contributed by atoms with van der Waals surface area (Å²) < 4.78 is 37.1. The van der Waals surface area contributed by atoms with Gasteiger partial charge < -0.3 is 5.32 Å². The molecule has 9 nitrogen and oxygen atoms in total. The Kier molecular flexibility index (Phi) is 5.14. The Morgan fingerprint density at radius 3 is 2.67 bits per heavy atom. The Bertz CT molecular complexity index is 1340. The van der Waals surface area contributed by atoms with Gasteiger partial charge in [0.15, 0.2) is 5.82 Å². The van der Waals surface area contributed by atoms with Gasteiger partial charge in [-0.2, -0.15) is 15.1 Å². The van der Waals surface area contributed by atoms with Crippen LogP contribution in [-0.4, -0.2) is 33.6 Å². The van der Waals surface area contributed by atoms with Gasteiger partial charge in [0, 0.05) is 18.4 Å². The summed E-state index contributed by atoms with van der Waals surface area (Å²) in [7, 11) is -3.94. The van der Waals surface area contributed by atoms with Crippen LogP contribution >= 0.6 is 0 Å². The van der Waals surface area contributed by atoms with Gasteiger partial charge >= 0.3 is 0 Å². The average molecular weight is 427 g/mol. The molecule has 154 valence electrons. The number of hydrogen-bond acceptors (Lipinski definition) is 7. The molecule has 0 radical (unpaired) electrons. The first-order valence-electron chi connectivity index (χ1n) is 9.08. The maximum atomic E-state index is 13.4. The van der Waals surface area contributed by atoms with Gasteiger partial charge in [0.1, 0.15) is 27.7 Å². The number of fused-ring (bicyclic) bond motifs is 1. The Morgan fingerprint density at radius 2 is 1.93 bits per heavy atom. The summed E-state index contributed by atoms with van der Waals surface area (Å²) in [6.45, 7) is 2.23. The molecule has 0 saturated heterocycles. The van der Waals surface area contributed by atoms with Gasteiger partial charge in [-0.05, 0) is 23.8 Å². The van der Waals surface area contributed by atoms with E-state index in [4.69, 9.17) is 5.14 Å². The zero-order valence-electron chi connectivity index (χ0n) is 15.9. The number of rotatable bonds is 6. The van der Waals surface area contributed by atoms with Crippen LogP contribution in [0.1, 0.15) is 18.3 Å². The zero-order valence-corrected chi connectivity index (χ0v) is 16.7. The number of halogens is 1. The minimum Gasteiger partial charge on any atom is -0.350 e. The van der Waals surface area contributed by atoms with Crippen LogP contribution in [0, 0.1) is 5.82 Å². The van der Waals surface area contributed by atoms with E-state index in [1.807, 2.05) is 6.92 Å². The van der Waals surface area contributed by atoms with Crippen molar-refractivity contribution in [2.75, 3.05) is 5.32 Å². The van der Waals surface area contributed by atoms with Gasteiger partial charge in [-0.1, -0.05) is 31.2 Å². The summed E-state index contributed by atoms with van der Waals surface area (Å²) in [6.07, 6.45) is 0.554. The number of nitrogens with zero attached hydrogens (tertiary/aromatic N) is 4. The van der Waals surface area contributed by atoms with Crippen LogP contribution < -0.4 is 10.5 Å². The maximum absolute atomic E-state index is 13.4. The molecule has 4 N–H and O–H groups in total. The second-order valence-electron chi connectivity index (χ2n) is 6.53. The molecule has 0 aliphatic rings. The summed E-state index contributed by atoms with van der Waals surface area (Å²) in [5.41, 5.74) is 1.39. The molecule has 4 aromatic rings. The van der Waals surface area contributed by atoms with Gasteiger partial charge in [0.2, 0.25) is 16.0 Å². The Hall–Kier alpha value is -3.44. The van der Waals surface area contributed by atoms with Crippen LogP contribution in [0.2, 0.25) is 0 Å². The first-order chi connectivity index (χ1) is 14.3. The number of nitrogens with one attached hydrogen (secondary N) is 2. The van der Waals surface area contributed by atoms with E-state index in [9.17, 15) is 12.8 Å². The summed E-state index contributed by atoms with van der Waals surface area (Å²) in [6, 6.07) is 10.9. The van der Waals surface area contributed by atoms with E-state index in [1.165, 1.54) is 18.2 Å². The highest BCUT2D eigenvalue weighted by Gasteiger charge is 2.19. The highest BCUT2D eigenvalue weighted by atomic mass is 32.2. The number of para-hydroxylation sites is 1. The number of H-pyrrole nitrogens is 1. The fourth-order valence-corrected chi connectivity index (χ4v) is 3.70. The van der Waals surface area contributed by atoms with Crippen molar-refractivity contribution in [3.8, 4) is 11.5 Å². The lowest BCUT2D eigenvalue weighted by Crippen LogP contribution is -2.12. The smallest absolute Gasteiger partial charge is 0.240 e. The van der Waals surface area contributed by atoms with Crippen molar-refractivity contribution in [2.24, 2.45) is 5.14 Å².